The molecule has 8 heteroatoms. The fourth-order valence-corrected chi connectivity index (χ4v) is 3.31. The molecule has 8 nitrogen and oxygen atoms in total. The number of rotatable bonds is 5. The summed E-state index contributed by atoms with van der Waals surface area (Å²) >= 11 is 0. The molecule has 0 amide bonds. The Morgan fingerprint density at radius 2 is 2.00 bits per heavy atom. The van der Waals surface area contributed by atoms with Crippen LogP contribution in [-0.4, -0.2) is 47.1 Å². The summed E-state index contributed by atoms with van der Waals surface area (Å²) in [4.78, 5) is 8.87. The third-order valence-corrected chi connectivity index (χ3v) is 4.71. The highest BCUT2D eigenvalue weighted by molar-refractivity contribution is 5.89. The van der Waals surface area contributed by atoms with Gasteiger partial charge in [0, 0.05) is 6.07 Å². The monoisotopic (exact) mass is 354 g/mol. The summed E-state index contributed by atoms with van der Waals surface area (Å²) in [6.07, 6.45) is 5.50. The van der Waals surface area contributed by atoms with Gasteiger partial charge in [0.2, 0.25) is 0 Å². The minimum Gasteiger partial charge on any atom is -0.497 e. The van der Waals surface area contributed by atoms with E-state index < -0.39 is 0 Å². The first-order valence-corrected chi connectivity index (χ1v) is 8.68. The maximum Gasteiger partial charge on any atom is 0.163 e. The van der Waals surface area contributed by atoms with Crippen LogP contribution in [0, 0.1) is 0 Å². The van der Waals surface area contributed by atoms with Gasteiger partial charge in [0.05, 0.1) is 37.5 Å². The molecular weight excluding hydrogens is 332 g/mol. The summed E-state index contributed by atoms with van der Waals surface area (Å²) in [5.41, 5.74) is 1.66. The molecule has 1 saturated heterocycles. The van der Waals surface area contributed by atoms with Gasteiger partial charge in [-0.3, -0.25) is 0 Å². The van der Waals surface area contributed by atoms with Crippen molar-refractivity contribution in [2.24, 2.45) is 0 Å². The molecule has 2 aromatic heterocycles. The standard InChI is InChI=1S/C18H22N6O2/c1-25-13-3-4-15(16(9-13)26-2)23-17-14-10-22-24(18(14)21-11-20-17)12-5-7-19-8-6-12/h3-4,9-12,19H,5-8H2,1-2H3,(H,20,21,23). The summed E-state index contributed by atoms with van der Waals surface area (Å²) < 4.78 is 12.7. The van der Waals surface area contributed by atoms with Gasteiger partial charge in [0.15, 0.2) is 5.65 Å². The molecular formula is C18H22N6O2. The predicted octanol–water partition coefficient (Wildman–Crippen LogP) is 2.51. The van der Waals surface area contributed by atoms with Gasteiger partial charge in [0.1, 0.15) is 23.6 Å². The molecule has 0 bridgehead atoms. The van der Waals surface area contributed by atoms with Gasteiger partial charge in [-0.25, -0.2) is 14.6 Å². The minimum atomic E-state index is 0.368. The number of piperidine rings is 1. The highest BCUT2D eigenvalue weighted by Gasteiger charge is 2.20. The number of fused-ring (bicyclic) bond motifs is 1. The van der Waals surface area contributed by atoms with Crippen molar-refractivity contribution >= 4 is 22.5 Å². The number of aromatic nitrogens is 4. The number of methoxy groups -OCH3 is 2. The highest BCUT2D eigenvalue weighted by Crippen LogP contribution is 2.33. The van der Waals surface area contributed by atoms with Crippen LogP contribution in [0.1, 0.15) is 18.9 Å². The predicted molar refractivity (Wildman–Crippen MR) is 99.3 cm³/mol. The molecule has 3 heterocycles. The van der Waals surface area contributed by atoms with Crippen molar-refractivity contribution in [2.45, 2.75) is 18.9 Å². The third kappa shape index (κ3) is 3.03. The molecule has 2 N–H and O–H groups in total. The van der Waals surface area contributed by atoms with Gasteiger partial charge >= 0.3 is 0 Å². The Kier molecular flexibility index (Phi) is 4.57. The van der Waals surface area contributed by atoms with E-state index in [1.54, 1.807) is 20.5 Å². The molecule has 0 radical (unpaired) electrons. The Morgan fingerprint density at radius 3 is 2.77 bits per heavy atom. The summed E-state index contributed by atoms with van der Waals surface area (Å²) in [5, 5.41) is 12.2. The lowest BCUT2D eigenvalue weighted by atomic mass is 10.1. The molecule has 0 aliphatic carbocycles. The van der Waals surface area contributed by atoms with E-state index in [1.807, 2.05) is 29.1 Å². The molecule has 0 atom stereocenters. The zero-order chi connectivity index (χ0) is 17.9. The summed E-state index contributed by atoms with van der Waals surface area (Å²) in [7, 11) is 3.26. The molecule has 0 spiro atoms. The molecule has 136 valence electrons. The number of hydrogen-bond donors (Lipinski definition) is 2. The van der Waals surface area contributed by atoms with Crippen LogP contribution >= 0.6 is 0 Å². The lowest BCUT2D eigenvalue weighted by Crippen LogP contribution is -2.29. The van der Waals surface area contributed by atoms with Crippen molar-refractivity contribution < 1.29 is 9.47 Å². The van der Waals surface area contributed by atoms with Crippen LogP contribution in [0.25, 0.3) is 11.0 Å². The molecule has 3 aromatic rings. The van der Waals surface area contributed by atoms with Crippen molar-refractivity contribution in [3.8, 4) is 11.5 Å². The number of hydrogen-bond acceptors (Lipinski definition) is 7. The summed E-state index contributed by atoms with van der Waals surface area (Å²) in [6.45, 7) is 2.01. The van der Waals surface area contributed by atoms with Crippen molar-refractivity contribution in [1.29, 1.82) is 0 Å². The zero-order valence-electron chi connectivity index (χ0n) is 14.9. The van der Waals surface area contributed by atoms with E-state index in [2.05, 4.69) is 25.7 Å². The van der Waals surface area contributed by atoms with Crippen molar-refractivity contribution in [1.82, 2.24) is 25.1 Å². The van der Waals surface area contributed by atoms with Gasteiger partial charge in [-0.1, -0.05) is 0 Å². The van der Waals surface area contributed by atoms with Crippen molar-refractivity contribution in [3.05, 3.63) is 30.7 Å². The van der Waals surface area contributed by atoms with E-state index in [0.29, 0.717) is 17.6 Å². The summed E-state index contributed by atoms with van der Waals surface area (Å²) in [5.74, 6) is 2.12. The lowest BCUT2D eigenvalue weighted by molar-refractivity contribution is 0.349. The number of nitrogens with zero attached hydrogens (tertiary/aromatic N) is 4. The van der Waals surface area contributed by atoms with Gasteiger partial charge in [-0.2, -0.15) is 5.10 Å². The fraction of sp³-hybridized carbons (Fsp3) is 0.389. The SMILES string of the molecule is COc1ccc(Nc2ncnc3c2cnn3C2CCNCC2)c(OC)c1. The van der Waals surface area contributed by atoms with E-state index in [1.165, 1.54) is 0 Å². The largest absolute Gasteiger partial charge is 0.497 e. The molecule has 1 fully saturated rings. The van der Waals surface area contributed by atoms with E-state index in [9.17, 15) is 0 Å². The third-order valence-electron chi connectivity index (χ3n) is 4.71. The Bertz CT molecular complexity index is 904. The molecule has 0 saturated carbocycles. The zero-order valence-corrected chi connectivity index (χ0v) is 14.9. The van der Waals surface area contributed by atoms with Gasteiger partial charge < -0.3 is 20.1 Å². The minimum absolute atomic E-state index is 0.368. The van der Waals surface area contributed by atoms with Crippen molar-refractivity contribution in [3.63, 3.8) is 0 Å². The fourth-order valence-electron chi connectivity index (χ4n) is 3.31. The number of benzene rings is 1. The Balaban J connectivity index is 1.68. The molecule has 26 heavy (non-hydrogen) atoms. The average Bonchev–Trinajstić information content (AvgIpc) is 3.14. The van der Waals surface area contributed by atoms with Gasteiger partial charge in [0.25, 0.3) is 0 Å². The topological polar surface area (TPSA) is 86.1 Å². The first-order valence-electron chi connectivity index (χ1n) is 8.68. The number of nitrogens with one attached hydrogen (secondary N) is 2. The van der Waals surface area contributed by atoms with Crippen LogP contribution in [0.2, 0.25) is 0 Å². The van der Waals surface area contributed by atoms with Crippen LogP contribution < -0.4 is 20.1 Å². The van der Waals surface area contributed by atoms with Crippen LogP contribution in [0.15, 0.2) is 30.7 Å². The van der Waals surface area contributed by atoms with Gasteiger partial charge in [-0.05, 0) is 38.1 Å². The second-order valence-corrected chi connectivity index (χ2v) is 6.22. The summed E-state index contributed by atoms with van der Waals surface area (Å²) in [6, 6.07) is 5.98. The smallest absolute Gasteiger partial charge is 0.163 e. The molecule has 1 aliphatic heterocycles. The van der Waals surface area contributed by atoms with E-state index in [-0.39, 0.29) is 0 Å². The molecule has 0 unspecified atom stereocenters. The maximum atomic E-state index is 5.46. The Morgan fingerprint density at radius 1 is 1.15 bits per heavy atom. The molecule has 1 aromatic carbocycles. The number of anilines is 2. The van der Waals surface area contributed by atoms with Gasteiger partial charge in [-0.15, -0.1) is 0 Å². The highest BCUT2D eigenvalue weighted by atomic mass is 16.5. The quantitative estimate of drug-likeness (QED) is 0.728. The lowest BCUT2D eigenvalue weighted by Gasteiger charge is -2.23. The maximum absolute atomic E-state index is 5.46. The van der Waals surface area contributed by atoms with Crippen LogP contribution in [0.4, 0.5) is 11.5 Å². The average molecular weight is 354 g/mol. The molecule has 1 aliphatic rings. The molecule has 4 rings (SSSR count). The van der Waals surface area contributed by atoms with Crippen LogP contribution in [-0.2, 0) is 0 Å². The van der Waals surface area contributed by atoms with E-state index in [4.69, 9.17) is 9.47 Å². The first kappa shape index (κ1) is 16.6. The van der Waals surface area contributed by atoms with Crippen LogP contribution in [0.3, 0.4) is 0 Å². The van der Waals surface area contributed by atoms with E-state index >= 15 is 0 Å². The Labute approximate surface area is 151 Å². The number of ether oxygens (including phenoxy) is 2. The first-order chi connectivity index (χ1) is 12.8. The normalized spacial score (nSPS) is 15.2. The second-order valence-electron chi connectivity index (χ2n) is 6.22. The van der Waals surface area contributed by atoms with Crippen LogP contribution in [0.5, 0.6) is 11.5 Å². The Hall–Kier alpha value is -2.87. The second kappa shape index (κ2) is 7.17. The van der Waals surface area contributed by atoms with Crippen molar-refractivity contribution in [2.75, 3.05) is 32.6 Å². The van der Waals surface area contributed by atoms with E-state index in [0.717, 1.165) is 48.4 Å².